The summed E-state index contributed by atoms with van der Waals surface area (Å²) in [4.78, 5) is 28.0. The van der Waals surface area contributed by atoms with Gasteiger partial charge in [-0.05, 0) is 56.2 Å². The highest BCUT2D eigenvalue weighted by atomic mass is 16.2. The van der Waals surface area contributed by atoms with Gasteiger partial charge in [-0.15, -0.1) is 0 Å². The molecule has 3 amide bonds. The second-order valence-electron chi connectivity index (χ2n) is 8.00. The molecule has 1 saturated heterocycles. The molecule has 0 atom stereocenters. The van der Waals surface area contributed by atoms with Gasteiger partial charge < -0.3 is 10.2 Å². The molecule has 0 unspecified atom stereocenters. The van der Waals surface area contributed by atoms with E-state index in [-0.39, 0.29) is 11.9 Å². The molecule has 2 aliphatic rings. The summed E-state index contributed by atoms with van der Waals surface area (Å²) in [5.41, 5.74) is 3.35. The minimum atomic E-state index is -0.776. The lowest BCUT2D eigenvalue weighted by atomic mass is 9.94. The van der Waals surface area contributed by atoms with Crippen molar-refractivity contribution in [3.05, 3.63) is 29.3 Å². The molecule has 3 rings (SSSR count). The highest BCUT2D eigenvalue weighted by molar-refractivity contribution is 6.06. The number of amides is 3. The number of anilines is 1. The van der Waals surface area contributed by atoms with Crippen LogP contribution in [0.15, 0.2) is 18.2 Å². The summed E-state index contributed by atoms with van der Waals surface area (Å²) >= 11 is 0. The number of rotatable bonds is 5. The number of urea groups is 1. The van der Waals surface area contributed by atoms with Crippen molar-refractivity contribution in [1.29, 1.82) is 0 Å². The van der Waals surface area contributed by atoms with Gasteiger partial charge in [0.15, 0.2) is 0 Å². The highest BCUT2D eigenvalue weighted by Gasteiger charge is 2.43. The number of nitrogens with zero attached hydrogens (tertiary/aromatic N) is 2. The van der Waals surface area contributed by atoms with E-state index in [0.29, 0.717) is 12.5 Å². The van der Waals surface area contributed by atoms with E-state index in [1.807, 2.05) is 0 Å². The molecule has 0 radical (unpaired) electrons. The molecule has 0 aliphatic carbocycles. The number of hydrogen-bond acceptors (Lipinski definition) is 3. The Morgan fingerprint density at radius 2 is 1.96 bits per heavy atom. The molecule has 1 fully saturated rings. The van der Waals surface area contributed by atoms with E-state index in [1.54, 1.807) is 13.8 Å². The molecule has 0 saturated carbocycles. The summed E-state index contributed by atoms with van der Waals surface area (Å²) in [6.07, 6.45) is 3.08. The van der Waals surface area contributed by atoms with Crippen LogP contribution in [-0.2, 0) is 11.2 Å². The Bertz CT molecular complexity index is 682. The Balaban J connectivity index is 1.62. The Labute approximate surface area is 150 Å². The molecular formula is C20H29N3O2. The summed E-state index contributed by atoms with van der Waals surface area (Å²) in [6, 6.07) is 6.53. The predicted molar refractivity (Wildman–Crippen MR) is 100 cm³/mol. The van der Waals surface area contributed by atoms with Gasteiger partial charge in [-0.1, -0.05) is 26.0 Å². The normalized spacial score (nSPS) is 19.4. The maximum Gasteiger partial charge on any atom is 0.325 e. The monoisotopic (exact) mass is 343 g/mol. The number of carbonyl (C=O) groups is 2. The van der Waals surface area contributed by atoms with Crippen molar-refractivity contribution in [2.24, 2.45) is 0 Å². The van der Waals surface area contributed by atoms with Gasteiger partial charge in [-0.3, -0.25) is 9.69 Å². The van der Waals surface area contributed by atoms with Crippen LogP contribution in [0.1, 0.15) is 57.6 Å². The lowest BCUT2D eigenvalue weighted by molar-refractivity contribution is -0.130. The van der Waals surface area contributed by atoms with Crippen LogP contribution < -0.4 is 10.2 Å². The molecule has 0 aromatic heterocycles. The van der Waals surface area contributed by atoms with Crippen molar-refractivity contribution >= 4 is 17.6 Å². The average molecular weight is 343 g/mol. The van der Waals surface area contributed by atoms with Crippen LogP contribution >= 0.6 is 0 Å². The van der Waals surface area contributed by atoms with Crippen LogP contribution in [0.3, 0.4) is 0 Å². The molecule has 1 aromatic carbocycles. The number of hydrogen-bond donors (Lipinski definition) is 1. The van der Waals surface area contributed by atoms with Crippen molar-refractivity contribution in [2.75, 3.05) is 24.5 Å². The second kappa shape index (κ2) is 6.70. The van der Waals surface area contributed by atoms with Crippen molar-refractivity contribution in [1.82, 2.24) is 10.2 Å². The van der Waals surface area contributed by atoms with Crippen LogP contribution in [0, 0.1) is 0 Å². The topological polar surface area (TPSA) is 52.6 Å². The Hall–Kier alpha value is -2.04. The summed E-state index contributed by atoms with van der Waals surface area (Å²) in [5, 5.41) is 2.74. The van der Waals surface area contributed by atoms with Crippen molar-refractivity contribution < 1.29 is 9.59 Å². The average Bonchev–Trinajstić information content (AvgIpc) is 2.75. The van der Waals surface area contributed by atoms with Crippen LogP contribution in [0.5, 0.6) is 0 Å². The molecule has 0 spiro atoms. The minimum absolute atomic E-state index is 0.127. The van der Waals surface area contributed by atoms with Gasteiger partial charge in [0.2, 0.25) is 0 Å². The molecule has 5 nitrogen and oxygen atoms in total. The van der Waals surface area contributed by atoms with E-state index in [1.165, 1.54) is 21.7 Å². The maximum atomic E-state index is 12.2. The van der Waals surface area contributed by atoms with Gasteiger partial charge in [0.05, 0.1) is 0 Å². The summed E-state index contributed by atoms with van der Waals surface area (Å²) in [5.74, 6) is 0.418. The number of carbonyl (C=O) groups excluding carboxylic acids is 2. The van der Waals surface area contributed by atoms with Crippen molar-refractivity contribution in [3.8, 4) is 0 Å². The Kier molecular flexibility index (Phi) is 4.76. The van der Waals surface area contributed by atoms with Gasteiger partial charge >= 0.3 is 6.03 Å². The molecule has 1 N–H and O–H groups in total. The first-order valence-electron chi connectivity index (χ1n) is 9.31. The van der Waals surface area contributed by atoms with Gasteiger partial charge in [0, 0.05) is 25.3 Å². The first-order valence-corrected chi connectivity index (χ1v) is 9.31. The van der Waals surface area contributed by atoms with E-state index in [9.17, 15) is 9.59 Å². The molecule has 1 aromatic rings. The zero-order chi connectivity index (χ0) is 18.2. The number of imide groups is 1. The lowest BCUT2D eigenvalue weighted by Gasteiger charge is -2.32. The van der Waals surface area contributed by atoms with Crippen LogP contribution in [0.2, 0.25) is 0 Å². The standard InChI is InChI=1S/C20H29N3O2/c1-14(2)15-8-9-17-16(13-15)7-5-10-22(17)11-6-12-23-18(24)20(3,4)21-19(23)25/h8-9,13-14H,5-7,10-12H2,1-4H3,(H,21,25). The number of benzene rings is 1. The van der Waals surface area contributed by atoms with Crippen molar-refractivity contribution in [3.63, 3.8) is 0 Å². The zero-order valence-electron chi connectivity index (χ0n) is 15.8. The Morgan fingerprint density at radius 3 is 2.60 bits per heavy atom. The van der Waals surface area contributed by atoms with E-state index >= 15 is 0 Å². The first kappa shape index (κ1) is 17.8. The fourth-order valence-electron chi connectivity index (χ4n) is 3.73. The third kappa shape index (κ3) is 3.51. The highest BCUT2D eigenvalue weighted by Crippen LogP contribution is 2.30. The zero-order valence-corrected chi connectivity index (χ0v) is 15.8. The molecule has 5 heteroatoms. The van der Waals surface area contributed by atoms with E-state index in [2.05, 4.69) is 42.3 Å². The molecule has 2 aliphatic heterocycles. The summed E-state index contributed by atoms with van der Waals surface area (Å²) in [7, 11) is 0. The molecular weight excluding hydrogens is 314 g/mol. The smallest absolute Gasteiger partial charge is 0.325 e. The lowest BCUT2D eigenvalue weighted by Crippen LogP contribution is -2.40. The van der Waals surface area contributed by atoms with Crippen LogP contribution in [-0.4, -0.2) is 42.0 Å². The third-order valence-electron chi connectivity index (χ3n) is 5.24. The summed E-state index contributed by atoms with van der Waals surface area (Å²) in [6.45, 7) is 10.3. The van der Waals surface area contributed by atoms with Gasteiger partial charge in [-0.2, -0.15) is 0 Å². The molecule has 2 heterocycles. The van der Waals surface area contributed by atoms with E-state index < -0.39 is 5.54 Å². The van der Waals surface area contributed by atoms with Crippen LogP contribution in [0.25, 0.3) is 0 Å². The maximum absolute atomic E-state index is 12.2. The van der Waals surface area contributed by atoms with Gasteiger partial charge in [0.25, 0.3) is 5.91 Å². The second-order valence-corrected chi connectivity index (χ2v) is 8.00. The summed E-state index contributed by atoms with van der Waals surface area (Å²) < 4.78 is 0. The van der Waals surface area contributed by atoms with Crippen LogP contribution in [0.4, 0.5) is 10.5 Å². The predicted octanol–water partition coefficient (Wildman–Crippen LogP) is 3.28. The quantitative estimate of drug-likeness (QED) is 0.835. The third-order valence-corrected chi connectivity index (χ3v) is 5.24. The SMILES string of the molecule is CC(C)c1ccc2c(c1)CCCN2CCCN1C(=O)NC(C)(C)C1=O. The number of aryl methyl sites for hydroxylation is 1. The fraction of sp³-hybridized carbons (Fsp3) is 0.600. The minimum Gasteiger partial charge on any atom is -0.371 e. The van der Waals surface area contributed by atoms with Crippen molar-refractivity contribution in [2.45, 2.75) is 58.4 Å². The van der Waals surface area contributed by atoms with E-state index in [0.717, 1.165) is 32.4 Å². The first-order chi connectivity index (χ1) is 11.8. The number of fused-ring (bicyclic) bond motifs is 1. The Morgan fingerprint density at radius 1 is 1.20 bits per heavy atom. The van der Waals surface area contributed by atoms with E-state index in [4.69, 9.17) is 0 Å². The van der Waals surface area contributed by atoms with Gasteiger partial charge in [-0.25, -0.2) is 4.79 Å². The molecule has 136 valence electrons. The fourth-order valence-corrected chi connectivity index (χ4v) is 3.73. The molecule has 0 bridgehead atoms. The van der Waals surface area contributed by atoms with Gasteiger partial charge in [0.1, 0.15) is 5.54 Å². The number of nitrogens with one attached hydrogen (secondary N) is 1. The largest absolute Gasteiger partial charge is 0.371 e. The molecule has 25 heavy (non-hydrogen) atoms.